The van der Waals surface area contributed by atoms with E-state index in [1.165, 1.54) is 19.1 Å². The number of amides is 1. The van der Waals surface area contributed by atoms with Crippen molar-refractivity contribution >= 4 is 17.4 Å². The van der Waals surface area contributed by atoms with Crippen LogP contribution in [0.15, 0.2) is 48.0 Å². The number of carbonyl (C=O) groups excluding carboxylic acids is 2. The van der Waals surface area contributed by atoms with Crippen molar-refractivity contribution in [2.45, 2.75) is 26.3 Å². The Balaban J connectivity index is 2.22. The number of para-hydroxylation sites is 1. The van der Waals surface area contributed by atoms with Gasteiger partial charge in [0.15, 0.2) is 11.5 Å². The van der Waals surface area contributed by atoms with Crippen molar-refractivity contribution in [3.8, 4) is 17.2 Å². The number of aliphatic hydroxyl groups is 1. The van der Waals surface area contributed by atoms with Crippen LogP contribution in [0.1, 0.15) is 37.4 Å². The highest BCUT2D eigenvalue weighted by molar-refractivity contribution is 6.46. The molecule has 1 atom stereocenters. The zero-order chi connectivity index (χ0) is 22.5. The average Bonchev–Trinajstić information content (AvgIpc) is 3.04. The normalized spacial score (nSPS) is 17.7. The van der Waals surface area contributed by atoms with Crippen molar-refractivity contribution < 1.29 is 28.9 Å². The Hall–Kier alpha value is -3.48. The minimum atomic E-state index is -0.755. The molecular formula is C24H27NO6. The molecule has 0 radical (unpaired) electrons. The van der Waals surface area contributed by atoms with Gasteiger partial charge in [-0.3, -0.25) is 9.59 Å². The van der Waals surface area contributed by atoms with Crippen molar-refractivity contribution in [3.05, 3.63) is 59.2 Å². The molecule has 0 spiro atoms. The number of hydrogen-bond donors (Lipinski definition) is 1. The van der Waals surface area contributed by atoms with E-state index in [9.17, 15) is 14.7 Å². The monoisotopic (exact) mass is 425 g/mol. The van der Waals surface area contributed by atoms with Gasteiger partial charge in [0.25, 0.3) is 11.7 Å². The predicted octanol–water partition coefficient (Wildman–Crippen LogP) is 3.93. The Labute approximate surface area is 181 Å². The topological polar surface area (TPSA) is 85.3 Å². The van der Waals surface area contributed by atoms with Crippen LogP contribution in [0.2, 0.25) is 0 Å². The third-order valence-electron chi connectivity index (χ3n) is 5.17. The van der Waals surface area contributed by atoms with Crippen molar-refractivity contribution in [3.63, 3.8) is 0 Å². The maximum atomic E-state index is 13.0. The van der Waals surface area contributed by atoms with Gasteiger partial charge in [-0.05, 0) is 43.2 Å². The number of nitrogens with zero attached hydrogens (tertiary/aromatic N) is 1. The Kier molecular flexibility index (Phi) is 6.84. The second kappa shape index (κ2) is 9.55. The Morgan fingerprint density at radius 1 is 1.00 bits per heavy atom. The SMILES string of the molecule is CCCN1C(=O)C(=O)/C(=C(\O)c2ccccc2OC)C1c1ccc(OCC)c(OC)c1. The standard InChI is InChI=1S/C24H27NO6/c1-5-13-25-21(15-11-12-18(31-6-2)19(14-15)30-4)20(23(27)24(25)28)22(26)16-9-7-8-10-17(16)29-3/h7-12,14,21,26H,5-6,13H2,1-4H3/b22-20-. The zero-order valence-corrected chi connectivity index (χ0v) is 18.2. The maximum Gasteiger partial charge on any atom is 0.295 e. The molecule has 1 amide bonds. The largest absolute Gasteiger partial charge is 0.507 e. The van der Waals surface area contributed by atoms with E-state index in [0.29, 0.717) is 47.9 Å². The number of hydrogen-bond acceptors (Lipinski definition) is 6. The van der Waals surface area contributed by atoms with E-state index in [-0.39, 0.29) is 11.3 Å². The lowest BCUT2D eigenvalue weighted by molar-refractivity contribution is -0.139. The van der Waals surface area contributed by atoms with Gasteiger partial charge in [0.05, 0.1) is 38.0 Å². The molecule has 1 aliphatic heterocycles. The summed E-state index contributed by atoms with van der Waals surface area (Å²) in [6, 6.07) is 11.3. The number of ether oxygens (including phenoxy) is 3. The number of Topliss-reactive ketones (excluding diaryl/α,β-unsaturated/α-hetero) is 1. The summed E-state index contributed by atoms with van der Waals surface area (Å²) in [5.41, 5.74) is 1.01. The summed E-state index contributed by atoms with van der Waals surface area (Å²) in [5.74, 6) is -0.188. The lowest BCUT2D eigenvalue weighted by atomic mass is 9.94. The molecule has 164 valence electrons. The number of rotatable bonds is 8. The van der Waals surface area contributed by atoms with Crippen LogP contribution >= 0.6 is 0 Å². The zero-order valence-electron chi connectivity index (χ0n) is 18.2. The second-order valence-corrected chi connectivity index (χ2v) is 7.04. The van der Waals surface area contributed by atoms with Crippen LogP contribution in [0.4, 0.5) is 0 Å². The average molecular weight is 425 g/mol. The van der Waals surface area contributed by atoms with Crippen LogP contribution in [0.3, 0.4) is 0 Å². The molecular weight excluding hydrogens is 398 g/mol. The maximum absolute atomic E-state index is 13.0. The van der Waals surface area contributed by atoms with E-state index in [1.807, 2.05) is 13.8 Å². The van der Waals surface area contributed by atoms with Crippen molar-refractivity contribution in [1.29, 1.82) is 0 Å². The summed E-state index contributed by atoms with van der Waals surface area (Å²) in [7, 11) is 3.01. The van der Waals surface area contributed by atoms with E-state index >= 15 is 0 Å². The van der Waals surface area contributed by atoms with Gasteiger partial charge in [-0.2, -0.15) is 0 Å². The number of ketones is 1. The fourth-order valence-corrected chi connectivity index (χ4v) is 3.81. The van der Waals surface area contributed by atoms with Crippen LogP contribution < -0.4 is 14.2 Å². The first-order valence-electron chi connectivity index (χ1n) is 10.2. The fraction of sp³-hybridized carbons (Fsp3) is 0.333. The van der Waals surface area contributed by atoms with Crippen molar-refractivity contribution in [2.75, 3.05) is 27.4 Å². The van der Waals surface area contributed by atoms with Crippen LogP contribution in [-0.2, 0) is 9.59 Å². The van der Waals surface area contributed by atoms with E-state index in [0.717, 1.165) is 0 Å². The highest BCUT2D eigenvalue weighted by Crippen LogP contribution is 2.43. The fourth-order valence-electron chi connectivity index (χ4n) is 3.81. The van der Waals surface area contributed by atoms with E-state index in [1.54, 1.807) is 42.5 Å². The summed E-state index contributed by atoms with van der Waals surface area (Å²) in [4.78, 5) is 27.3. The van der Waals surface area contributed by atoms with Crippen molar-refractivity contribution in [1.82, 2.24) is 4.90 Å². The first-order valence-corrected chi connectivity index (χ1v) is 10.2. The van der Waals surface area contributed by atoms with Gasteiger partial charge in [-0.15, -0.1) is 0 Å². The first-order chi connectivity index (χ1) is 15.0. The smallest absolute Gasteiger partial charge is 0.295 e. The van der Waals surface area contributed by atoms with Crippen molar-refractivity contribution in [2.24, 2.45) is 0 Å². The number of benzene rings is 2. The number of aliphatic hydroxyl groups excluding tert-OH is 1. The van der Waals surface area contributed by atoms with E-state index < -0.39 is 17.7 Å². The molecule has 0 aromatic heterocycles. The molecule has 0 saturated carbocycles. The second-order valence-electron chi connectivity index (χ2n) is 7.04. The molecule has 7 heteroatoms. The molecule has 1 fully saturated rings. The molecule has 2 aromatic carbocycles. The molecule has 0 bridgehead atoms. The van der Waals surface area contributed by atoms with Gasteiger partial charge in [0.1, 0.15) is 11.5 Å². The van der Waals surface area contributed by atoms with Gasteiger partial charge in [-0.1, -0.05) is 25.1 Å². The minimum Gasteiger partial charge on any atom is -0.507 e. The molecule has 1 saturated heterocycles. The van der Waals surface area contributed by atoms with Crippen LogP contribution in [-0.4, -0.2) is 49.1 Å². The van der Waals surface area contributed by atoms with Gasteiger partial charge in [0, 0.05) is 6.54 Å². The molecule has 1 aliphatic rings. The Bertz CT molecular complexity index is 1010. The number of methoxy groups -OCH3 is 2. The highest BCUT2D eigenvalue weighted by atomic mass is 16.5. The predicted molar refractivity (Wildman–Crippen MR) is 116 cm³/mol. The molecule has 31 heavy (non-hydrogen) atoms. The summed E-state index contributed by atoms with van der Waals surface area (Å²) in [6.07, 6.45) is 0.659. The third kappa shape index (κ3) is 4.08. The molecule has 0 aliphatic carbocycles. The lowest BCUT2D eigenvalue weighted by Crippen LogP contribution is -2.30. The molecule has 3 rings (SSSR count). The minimum absolute atomic E-state index is 0.0224. The van der Waals surface area contributed by atoms with Gasteiger partial charge < -0.3 is 24.2 Å². The molecule has 1 unspecified atom stereocenters. The molecule has 1 N–H and O–H groups in total. The van der Waals surface area contributed by atoms with E-state index in [4.69, 9.17) is 14.2 Å². The van der Waals surface area contributed by atoms with E-state index in [2.05, 4.69) is 0 Å². The summed E-state index contributed by atoms with van der Waals surface area (Å²) in [6.45, 7) is 4.64. The third-order valence-corrected chi connectivity index (χ3v) is 5.17. The molecule has 2 aromatic rings. The van der Waals surface area contributed by atoms with Crippen LogP contribution in [0, 0.1) is 0 Å². The number of likely N-dealkylation sites (tertiary alicyclic amines) is 1. The summed E-state index contributed by atoms with van der Waals surface area (Å²) >= 11 is 0. The molecule has 7 nitrogen and oxygen atoms in total. The van der Waals surface area contributed by atoms with Gasteiger partial charge in [-0.25, -0.2) is 0 Å². The highest BCUT2D eigenvalue weighted by Gasteiger charge is 2.46. The van der Waals surface area contributed by atoms with Crippen LogP contribution in [0.5, 0.6) is 17.2 Å². The van der Waals surface area contributed by atoms with Crippen LogP contribution in [0.25, 0.3) is 5.76 Å². The first kappa shape index (κ1) is 22.2. The lowest BCUT2D eigenvalue weighted by Gasteiger charge is -2.25. The summed E-state index contributed by atoms with van der Waals surface area (Å²) < 4.78 is 16.4. The summed E-state index contributed by atoms with van der Waals surface area (Å²) in [5, 5.41) is 11.1. The quantitative estimate of drug-likeness (QED) is 0.392. The van der Waals surface area contributed by atoms with Gasteiger partial charge in [0.2, 0.25) is 0 Å². The Morgan fingerprint density at radius 2 is 1.71 bits per heavy atom. The van der Waals surface area contributed by atoms with Gasteiger partial charge >= 0.3 is 0 Å². The molecule has 1 heterocycles. The Morgan fingerprint density at radius 3 is 2.35 bits per heavy atom. The number of carbonyl (C=O) groups is 2.